The molecule has 114 valence electrons. The van der Waals surface area contributed by atoms with E-state index in [4.69, 9.17) is 16.3 Å². The second-order valence-corrected chi connectivity index (χ2v) is 5.55. The smallest absolute Gasteiger partial charge is 0.310 e. The lowest BCUT2D eigenvalue weighted by Gasteiger charge is -2.15. The van der Waals surface area contributed by atoms with Crippen LogP contribution in [0.25, 0.3) is 0 Å². The molecule has 1 unspecified atom stereocenters. The van der Waals surface area contributed by atoms with Crippen LogP contribution >= 0.6 is 11.6 Å². The van der Waals surface area contributed by atoms with Gasteiger partial charge in [0.25, 0.3) is 0 Å². The van der Waals surface area contributed by atoms with Crippen LogP contribution in [0.5, 0.6) is 0 Å². The summed E-state index contributed by atoms with van der Waals surface area (Å²) in [5, 5.41) is 3.40. The SMILES string of the molecule is COC(=O)C1CCN(CCC(=O)Nc2cccc(Cl)c2)C1. The third-order valence-corrected chi connectivity index (χ3v) is 3.81. The number of halogens is 1. The van der Waals surface area contributed by atoms with Crippen molar-refractivity contribution in [3.05, 3.63) is 29.3 Å². The van der Waals surface area contributed by atoms with Gasteiger partial charge in [0.2, 0.25) is 5.91 Å². The molecule has 21 heavy (non-hydrogen) atoms. The van der Waals surface area contributed by atoms with E-state index in [1.54, 1.807) is 24.3 Å². The quantitative estimate of drug-likeness (QED) is 0.847. The zero-order valence-electron chi connectivity index (χ0n) is 12.0. The van der Waals surface area contributed by atoms with Crippen molar-refractivity contribution in [3.8, 4) is 0 Å². The largest absolute Gasteiger partial charge is 0.469 e. The van der Waals surface area contributed by atoms with Crippen LogP contribution < -0.4 is 5.32 Å². The molecule has 0 spiro atoms. The number of nitrogens with one attached hydrogen (secondary N) is 1. The molecule has 1 N–H and O–H groups in total. The molecule has 2 rings (SSSR count). The Morgan fingerprint density at radius 2 is 2.29 bits per heavy atom. The summed E-state index contributed by atoms with van der Waals surface area (Å²) < 4.78 is 4.74. The van der Waals surface area contributed by atoms with E-state index in [0.717, 1.165) is 13.0 Å². The molecule has 6 heteroatoms. The summed E-state index contributed by atoms with van der Waals surface area (Å²) in [7, 11) is 1.41. The summed E-state index contributed by atoms with van der Waals surface area (Å²) in [5.74, 6) is -0.286. The summed E-state index contributed by atoms with van der Waals surface area (Å²) in [5.41, 5.74) is 0.696. The topological polar surface area (TPSA) is 58.6 Å². The predicted octanol–water partition coefficient (Wildman–Crippen LogP) is 2.16. The fraction of sp³-hybridized carbons (Fsp3) is 0.467. The van der Waals surface area contributed by atoms with Crippen molar-refractivity contribution in [2.45, 2.75) is 12.8 Å². The summed E-state index contributed by atoms with van der Waals surface area (Å²) >= 11 is 5.87. The molecule has 1 aliphatic heterocycles. The van der Waals surface area contributed by atoms with E-state index in [2.05, 4.69) is 10.2 Å². The van der Waals surface area contributed by atoms with E-state index in [1.807, 2.05) is 0 Å². The molecule has 1 amide bonds. The Hall–Kier alpha value is -1.59. The molecule has 1 fully saturated rings. The van der Waals surface area contributed by atoms with Gasteiger partial charge in [-0.3, -0.25) is 9.59 Å². The van der Waals surface area contributed by atoms with Crippen molar-refractivity contribution in [3.63, 3.8) is 0 Å². The molecule has 0 radical (unpaired) electrons. The number of anilines is 1. The van der Waals surface area contributed by atoms with Crippen molar-refractivity contribution >= 4 is 29.2 Å². The maximum absolute atomic E-state index is 11.9. The summed E-state index contributed by atoms with van der Waals surface area (Å²) in [6.45, 7) is 2.13. The Bertz CT molecular complexity index is 521. The maximum atomic E-state index is 11.9. The molecule has 1 aromatic carbocycles. The monoisotopic (exact) mass is 310 g/mol. The average molecular weight is 311 g/mol. The number of amides is 1. The first kappa shape index (κ1) is 15.8. The lowest BCUT2D eigenvalue weighted by Crippen LogP contribution is -2.27. The first-order valence-corrected chi connectivity index (χ1v) is 7.32. The molecule has 0 bridgehead atoms. The predicted molar refractivity (Wildman–Crippen MR) is 81.3 cm³/mol. The van der Waals surface area contributed by atoms with E-state index in [-0.39, 0.29) is 17.8 Å². The van der Waals surface area contributed by atoms with Crippen LogP contribution in [0.3, 0.4) is 0 Å². The lowest BCUT2D eigenvalue weighted by atomic mass is 10.1. The third kappa shape index (κ3) is 4.72. The Kier molecular flexibility index (Phi) is 5.59. The van der Waals surface area contributed by atoms with Gasteiger partial charge in [0.05, 0.1) is 13.0 Å². The van der Waals surface area contributed by atoms with Gasteiger partial charge in [0, 0.05) is 30.2 Å². The number of hydrogen-bond acceptors (Lipinski definition) is 4. The summed E-state index contributed by atoms with van der Waals surface area (Å²) in [4.78, 5) is 25.4. The van der Waals surface area contributed by atoms with E-state index in [1.165, 1.54) is 7.11 Å². The number of hydrogen-bond donors (Lipinski definition) is 1. The van der Waals surface area contributed by atoms with Gasteiger partial charge in [-0.15, -0.1) is 0 Å². The van der Waals surface area contributed by atoms with Gasteiger partial charge < -0.3 is 15.0 Å². The first-order chi connectivity index (χ1) is 10.1. The fourth-order valence-electron chi connectivity index (χ4n) is 2.44. The van der Waals surface area contributed by atoms with Crippen LogP contribution in [-0.4, -0.2) is 43.5 Å². The molecule has 0 aromatic heterocycles. The molecule has 1 aromatic rings. The van der Waals surface area contributed by atoms with Crippen LogP contribution in [0.1, 0.15) is 12.8 Å². The van der Waals surface area contributed by atoms with Gasteiger partial charge >= 0.3 is 5.97 Å². The van der Waals surface area contributed by atoms with Crippen molar-refractivity contribution in [2.24, 2.45) is 5.92 Å². The molecule has 1 heterocycles. The number of methoxy groups -OCH3 is 1. The van der Waals surface area contributed by atoms with Gasteiger partial charge in [0.15, 0.2) is 0 Å². The lowest BCUT2D eigenvalue weighted by molar-refractivity contribution is -0.144. The zero-order valence-corrected chi connectivity index (χ0v) is 12.7. The van der Waals surface area contributed by atoms with Crippen LogP contribution in [0.2, 0.25) is 5.02 Å². The second-order valence-electron chi connectivity index (χ2n) is 5.12. The highest BCUT2D eigenvalue weighted by molar-refractivity contribution is 6.30. The molecule has 5 nitrogen and oxygen atoms in total. The Morgan fingerprint density at radius 3 is 3.00 bits per heavy atom. The fourth-order valence-corrected chi connectivity index (χ4v) is 2.63. The Balaban J connectivity index is 1.74. The van der Waals surface area contributed by atoms with E-state index < -0.39 is 0 Å². The van der Waals surface area contributed by atoms with Gasteiger partial charge in [-0.2, -0.15) is 0 Å². The highest BCUT2D eigenvalue weighted by atomic mass is 35.5. The minimum atomic E-state index is -0.166. The van der Waals surface area contributed by atoms with E-state index in [9.17, 15) is 9.59 Å². The normalized spacial score (nSPS) is 18.5. The van der Waals surface area contributed by atoms with Crippen LogP contribution in [0.15, 0.2) is 24.3 Å². The van der Waals surface area contributed by atoms with Crippen molar-refractivity contribution < 1.29 is 14.3 Å². The molecular formula is C15H19ClN2O3. The molecule has 1 aliphatic rings. The molecule has 1 atom stereocenters. The average Bonchev–Trinajstić information content (AvgIpc) is 2.93. The van der Waals surface area contributed by atoms with Crippen molar-refractivity contribution in [1.29, 1.82) is 0 Å². The number of carbonyl (C=O) groups is 2. The van der Waals surface area contributed by atoms with Gasteiger partial charge in [-0.05, 0) is 31.2 Å². The number of carbonyl (C=O) groups excluding carboxylic acids is 2. The number of esters is 1. The number of likely N-dealkylation sites (tertiary alicyclic amines) is 1. The number of nitrogens with zero attached hydrogens (tertiary/aromatic N) is 1. The van der Waals surface area contributed by atoms with Crippen molar-refractivity contribution in [1.82, 2.24) is 4.90 Å². The van der Waals surface area contributed by atoms with Crippen LogP contribution in [0.4, 0.5) is 5.69 Å². The standard InChI is InChI=1S/C15H19ClN2O3/c1-21-15(20)11-5-7-18(10-11)8-6-14(19)17-13-4-2-3-12(16)9-13/h2-4,9,11H,5-8,10H2,1H3,(H,17,19). The molecule has 1 saturated heterocycles. The number of ether oxygens (including phenoxy) is 1. The molecular weight excluding hydrogens is 292 g/mol. The summed E-state index contributed by atoms with van der Waals surface area (Å²) in [6, 6.07) is 7.06. The molecule has 0 saturated carbocycles. The van der Waals surface area contributed by atoms with Crippen LogP contribution in [0, 0.1) is 5.92 Å². The third-order valence-electron chi connectivity index (χ3n) is 3.57. The highest BCUT2D eigenvalue weighted by Gasteiger charge is 2.28. The maximum Gasteiger partial charge on any atom is 0.310 e. The van der Waals surface area contributed by atoms with Gasteiger partial charge in [0.1, 0.15) is 0 Å². The van der Waals surface area contributed by atoms with Gasteiger partial charge in [-0.25, -0.2) is 0 Å². The molecule has 0 aliphatic carbocycles. The number of benzene rings is 1. The summed E-state index contributed by atoms with van der Waals surface area (Å²) in [6.07, 6.45) is 1.18. The Morgan fingerprint density at radius 1 is 1.48 bits per heavy atom. The van der Waals surface area contributed by atoms with Gasteiger partial charge in [-0.1, -0.05) is 17.7 Å². The minimum Gasteiger partial charge on any atom is -0.469 e. The minimum absolute atomic E-state index is 0.0567. The number of rotatable bonds is 5. The zero-order chi connectivity index (χ0) is 15.2. The van der Waals surface area contributed by atoms with Crippen molar-refractivity contribution in [2.75, 3.05) is 32.1 Å². The second kappa shape index (κ2) is 7.43. The highest BCUT2D eigenvalue weighted by Crippen LogP contribution is 2.18. The van der Waals surface area contributed by atoms with E-state index >= 15 is 0 Å². The van der Waals surface area contributed by atoms with E-state index in [0.29, 0.717) is 30.2 Å². The Labute approximate surface area is 129 Å². The first-order valence-electron chi connectivity index (χ1n) is 6.94. The van der Waals surface area contributed by atoms with Crippen LogP contribution in [-0.2, 0) is 14.3 Å².